The van der Waals surface area contributed by atoms with E-state index in [4.69, 9.17) is 0 Å². The molecule has 27 heavy (non-hydrogen) atoms. The Bertz CT molecular complexity index is 888. The fourth-order valence-corrected chi connectivity index (χ4v) is 3.52. The lowest BCUT2D eigenvalue weighted by Gasteiger charge is -2.31. The van der Waals surface area contributed by atoms with Crippen molar-refractivity contribution < 1.29 is 27.2 Å². The number of halogens is 5. The van der Waals surface area contributed by atoms with Crippen molar-refractivity contribution >= 4 is 27.6 Å². The minimum atomic E-state index is -1.24. The number of rotatable bonds is 3. The van der Waals surface area contributed by atoms with Gasteiger partial charge in [-0.2, -0.15) is 0 Å². The fraction of sp³-hybridized carbons (Fsp3) is 0.263. The first kappa shape index (κ1) is 19.5. The first-order valence-electron chi connectivity index (χ1n) is 8.21. The monoisotopic (exact) mass is 443 g/mol. The highest BCUT2D eigenvalue weighted by Crippen LogP contribution is 2.27. The largest absolute Gasteiger partial charge is 0.339 e. The number of ketones is 1. The molecule has 1 saturated heterocycles. The lowest BCUT2D eigenvalue weighted by molar-refractivity contribution is 0.0643. The first-order chi connectivity index (χ1) is 12.8. The van der Waals surface area contributed by atoms with E-state index in [0.717, 1.165) is 0 Å². The normalized spacial score (nSPS) is 15.1. The fourth-order valence-electron chi connectivity index (χ4n) is 3.16. The number of hydrogen-bond acceptors (Lipinski definition) is 2. The maximum Gasteiger partial charge on any atom is 0.256 e. The van der Waals surface area contributed by atoms with Crippen LogP contribution in [0.15, 0.2) is 34.8 Å². The zero-order valence-electron chi connectivity index (χ0n) is 13.9. The summed E-state index contributed by atoms with van der Waals surface area (Å²) in [6.07, 6.45) is 0.354. The Morgan fingerprint density at radius 2 is 1.52 bits per heavy atom. The quantitative estimate of drug-likeness (QED) is 0.507. The van der Waals surface area contributed by atoms with E-state index in [2.05, 4.69) is 15.9 Å². The van der Waals surface area contributed by atoms with Crippen molar-refractivity contribution in [2.45, 2.75) is 12.8 Å². The highest BCUT2D eigenvalue weighted by atomic mass is 79.9. The molecule has 8 heteroatoms. The molecular formula is C19H14BrF4NO2. The van der Waals surface area contributed by atoms with Crippen LogP contribution in [0.5, 0.6) is 0 Å². The Kier molecular flexibility index (Phi) is 5.64. The average Bonchev–Trinajstić information content (AvgIpc) is 2.62. The van der Waals surface area contributed by atoms with Gasteiger partial charge in [0.25, 0.3) is 5.91 Å². The second-order valence-electron chi connectivity index (χ2n) is 6.30. The van der Waals surface area contributed by atoms with Gasteiger partial charge in [0, 0.05) is 35.6 Å². The molecule has 2 aromatic rings. The van der Waals surface area contributed by atoms with Crippen LogP contribution in [0.1, 0.15) is 33.6 Å². The molecule has 3 rings (SSSR count). The standard InChI is InChI=1S/C19H14BrF4NO2/c20-11-1-2-14(22)13(7-11)19(27)25-5-3-10(4-6-25)18(26)17-15(23)8-12(21)9-16(17)24/h1-2,7-10H,3-6H2. The zero-order chi connectivity index (χ0) is 19.7. The van der Waals surface area contributed by atoms with E-state index in [1.807, 2.05) is 0 Å². The first-order valence-corrected chi connectivity index (χ1v) is 9.00. The van der Waals surface area contributed by atoms with Crippen LogP contribution in [-0.4, -0.2) is 29.7 Å². The zero-order valence-corrected chi connectivity index (χ0v) is 15.5. The Morgan fingerprint density at radius 3 is 2.11 bits per heavy atom. The third-order valence-corrected chi connectivity index (χ3v) is 5.06. The molecule has 1 aliphatic rings. The molecule has 1 heterocycles. The van der Waals surface area contributed by atoms with Gasteiger partial charge in [-0.05, 0) is 31.0 Å². The van der Waals surface area contributed by atoms with Crippen molar-refractivity contribution in [1.82, 2.24) is 4.90 Å². The number of carbonyl (C=O) groups excluding carboxylic acids is 2. The van der Waals surface area contributed by atoms with Crippen LogP contribution in [0, 0.1) is 29.2 Å². The van der Waals surface area contributed by atoms with Crippen molar-refractivity contribution in [3.8, 4) is 0 Å². The molecule has 3 nitrogen and oxygen atoms in total. The molecular weight excluding hydrogens is 430 g/mol. The van der Waals surface area contributed by atoms with Gasteiger partial charge >= 0.3 is 0 Å². The number of carbonyl (C=O) groups is 2. The van der Waals surface area contributed by atoms with Gasteiger partial charge in [0.1, 0.15) is 23.3 Å². The molecule has 1 fully saturated rings. The SMILES string of the molecule is O=C(c1c(F)cc(F)cc1F)C1CCN(C(=O)c2cc(Br)ccc2F)CC1. The van der Waals surface area contributed by atoms with Crippen molar-refractivity contribution in [1.29, 1.82) is 0 Å². The van der Waals surface area contributed by atoms with Crippen LogP contribution in [0.2, 0.25) is 0 Å². The molecule has 0 aromatic heterocycles. The van der Waals surface area contributed by atoms with Gasteiger partial charge in [-0.25, -0.2) is 17.6 Å². The second-order valence-corrected chi connectivity index (χ2v) is 7.22. The summed E-state index contributed by atoms with van der Waals surface area (Å²) >= 11 is 3.18. The van der Waals surface area contributed by atoms with Crippen LogP contribution in [0.4, 0.5) is 17.6 Å². The molecule has 2 aromatic carbocycles. The summed E-state index contributed by atoms with van der Waals surface area (Å²) in [6, 6.07) is 4.95. The summed E-state index contributed by atoms with van der Waals surface area (Å²) < 4.78 is 55.1. The van der Waals surface area contributed by atoms with Gasteiger partial charge in [0.05, 0.1) is 11.1 Å². The molecule has 0 N–H and O–H groups in total. The Hall–Kier alpha value is -2.22. The van der Waals surface area contributed by atoms with Crippen LogP contribution in [0.25, 0.3) is 0 Å². The van der Waals surface area contributed by atoms with Gasteiger partial charge in [-0.1, -0.05) is 15.9 Å². The highest BCUT2D eigenvalue weighted by Gasteiger charge is 2.32. The Labute approximate surface area is 161 Å². The van der Waals surface area contributed by atoms with Gasteiger partial charge in [-0.15, -0.1) is 0 Å². The van der Waals surface area contributed by atoms with Crippen LogP contribution < -0.4 is 0 Å². The van der Waals surface area contributed by atoms with Crippen LogP contribution in [-0.2, 0) is 0 Å². The maximum atomic E-state index is 13.9. The van der Waals surface area contributed by atoms with Gasteiger partial charge in [-0.3, -0.25) is 9.59 Å². The lowest BCUT2D eigenvalue weighted by atomic mass is 9.88. The minimum Gasteiger partial charge on any atom is -0.339 e. The Balaban J connectivity index is 1.71. The van der Waals surface area contributed by atoms with E-state index in [0.29, 0.717) is 16.6 Å². The van der Waals surface area contributed by atoms with E-state index < -0.39 is 46.4 Å². The summed E-state index contributed by atoms with van der Waals surface area (Å²) in [7, 11) is 0. The Morgan fingerprint density at radius 1 is 0.926 bits per heavy atom. The van der Waals surface area contributed by atoms with Crippen molar-refractivity contribution in [2.75, 3.05) is 13.1 Å². The molecule has 0 atom stereocenters. The number of benzene rings is 2. The molecule has 142 valence electrons. The number of nitrogens with zero attached hydrogens (tertiary/aromatic N) is 1. The van der Waals surface area contributed by atoms with E-state index >= 15 is 0 Å². The molecule has 1 aliphatic heterocycles. The van der Waals surface area contributed by atoms with Crippen LogP contribution >= 0.6 is 15.9 Å². The number of Topliss-reactive ketones (excluding diaryl/α,β-unsaturated/α-hetero) is 1. The summed E-state index contributed by atoms with van der Waals surface area (Å²) in [5.74, 6) is -6.21. The van der Waals surface area contributed by atoms with E-state index in [1.165, 1.54) is 23.1 Å². The third-order valence-electron chi connectivity index (χ3n) is 4.57. The molecule has 0 aliphatic carbocycles. The molecule has 0 saturated carbocycles. The lowest BCUT2D eigenvalue weighted by Crippen LogP contribution is -2.40. The van der Waals surface area contributed by atoms with E-state index in [9.17, 15) is 27.2 Å². The highest BCUT2D eigenvalue weighted by molar-refractivity contribution is 9.10. The number of hydrogen-bond donors (Lipinski definition) is 0. The number of likely N-dealkylation sites (tertiary alicyclic amines) is 1. The summed E-state index contributed by atoms with van der Waals surface area (Å²) in [5.41, 5.74) is -0.857. The van der Waals surface area contributed by atoms with Gasteiger partial charge < -0.3 is 4.90 Å². The molecule has 1 amide bonds. The number of piperidine rings is 1. The van der Waals surface area contributed by atoms with Crippen molar-refractivity contribution in [3.05, 3.63) is 69.2 Å². The van der Waals surface area contributed by atoms with Crippen molar-refractivity contribution in [2.24, 2.45) is 5.92 Å². The average molecular weight is 444 g/mol. The predicted octanol–water partition coefficient (Wildman–Crippen LogP) is 4.74. The summed E-state index contributed by atoms with van der Waals surface area (Å²) in [6.45, 7) is 0.289. The van der Waals surface area contributed by atoms with Gasteiger partial charge in [0.15, 0.2) is 5.78 Å². The maximum absolute atomic E-state index is 13.9. The molecule has 0 spiro atoms. The summed E-state index contributed by atoms with van der Waals surface area (Å²) in [4.78, 5) is 26.3. The van der Waals surface area contributed by atoms with E-state index in [-0.39, 0.29) is 31.5 Å². The molecule has 0 unspecified atom stereocenters. The van der Waals surface area contributed by atoms with Crippen molar-refractivity contribution in [3.63, 3.8) is 0 Å². The predicted molar refractivity (Wildman–Crippen MR) is 93.4 cm³/mol. The topological polar surface area (TPSA) is 37.4 Å². The molecule has 0 bridgehead atoms. The number of amides is 1. The molecule has 0 radical (unpaired) electrons. The third kappa shape index (κ3) is 4.05. The smallest absolute Gasteiger partial charge is 0.256 e. The van der Waals surface area contributed by atoms with Crippen LogP contribution in [0.3, 0.4) is 0 Å². The minimum absolute atomic E-state index is 0.0928. The van der Waals surface area contributed by atoms with E-state index in [1.54, 1.807) is 0 Å². The second kappa shape index (κ2) is 7.80. The van der Waals surface area contributed by atoms with Gasteiger partial charge in [0.2, 0.25) is 0 Å². The summed E-state index contributed by atoms with van der Waals surface area (Å²) in [5, 5.41) is 0.